The van der Waals surface area contributed by atoms with Crippen molar-refractivity contribution in [2.45, 2.75) is 11.4 Å². The molecule has 4 rings (SSSR count). The molecular weight excluding hydrogens is 450 g/mol. The van der Waals surface area contributed by atoms with Gasteiger partial charge in [0, 0.05) is 34.8 Å². The molecule has 2 aromatic heterocycles. The van der Waals surface area contributed by atoms with Gasteiger partial charge in [0.05, 0.1) is 17.1 Å². The summed E-state index contributed by atoms with van der Waals surface area (Å²) in [6, 6.07) is 19.9. The van der Waals surface area contributed by atoms with E-state index >= 15 is 0 Å². The van der Waals surface area contributed by atoms with Crippen LogP contribution in [0.25, 0.3) is 22.4 Å². The lowest BCUT2D eigenvalue weighted by Gasteiger charge is -2.14. The molecule has 8 heteroatoms. The fourth-order valence-corrected chi connectivity index (χ4v) is 4.17. The topological polar surface area (TPSA) is 64.8 Å². The molecule has 2 heterocycles. The molecule has 0 spiro atoms. The minimum atomic E-state index is -3.29. The van der Waals surface area contributed by atoms with Crippen molar-refractivity contribution >= 4 is 33.7 Å². The third-order valence-corrected chi connectivity index (χ3v) is 6.47. The average molecular weight is 468 g/mol. The molecule has 0 saturated carbocycles. The third kappa shape index (κ3) is 4.90. The highest BCUT2D eigenvalue weighted by molar-refractivity contribution is 7.90. The molecule has 156 valence electrons. The van der Waals surface area contributed by atoms with Gasteiger partial charge in [-0.3, -0.25) is 4.98 Å². The van der Waals surface area contributed by atoms with Gasteiger partial charge >= 0.3 is 0 Å². The second kappa shape index (κ2) is 8.70. The first-order valence-electron chi connectivity index (χ1n) is 9.39. The van der Waals surface area contributed by atoms with Crippen molar-refractivity contribution in [3.63, 3.8) is 0 Å². The van der Waals surface area contributed by atoms with E-state index in [2.05, 4.69) is 4.98 Å². The van der Waals surface area contributed by atoms with Crippen molar-refractivity contribution < 1.29 is 8.42 Å². The number of hydrogen-bond donors (Lipinski definition) is 0. The van der Waals surface area contributed by atoms with E-state index in [1.807, 2.05) is 42.5 Å². The van der Waals surface area contributed by atoms with E-state index < -0.39 is 9.84 Å². The van der Waals surface area contributed by atoms with Crippen LogP contribution >= 0.6 is 23.8 Å². The molecule has 0 atom stereocenters. The van der Waals surface area contributed by atoms with Gasteiger partial charge in [-0.2, -0.15) is 5.10 Å². The lowest BCUT2D eigenvalue weighted by Crippen LogP contribution is -2.09. The predicted molar refractivity (Wildman–Crippen MR) is 125 cm³/mol. The SMILES string of the molecule is CS(=O)(=O)c1ccc(-c2nn(Cc3cccnc3)c(=S)cc2-c2ccc(Cl)cc2)cc1. The number of halogens is 1. The van der Waals surface area contributed by atoms with E-state index in [9.17, 15) is 8.42 Å². The summed E-state index contributed by atoms with van der Waals surface area (Å²) in [4.78, 5) is 4.41. The second-order valence-corrected chi connectivity index (χ2v) is 9.94. The number of aromatic nitrogens is 3. The maximum atomic E-state index is 11.9. The second-order valence-electron chi connectivity index (χ2n) is 7.07. The van der Waals surface area contributed by atoms with E-state index in [1.54, 1.807) is 41.3 Å². The van der Waals surface area contributed by atoms with E-state index in [1.165, 1.54) is 6.26 Å². The number of rotatable bonds is 5. The smallest absolute Gasteiger partial charge is 0.175 e. The van der Waals surface area contributed by atoms with Crippen LogP contribution in [0.3, 0.4) is 0 Å². The zero-order valence-electron chi connectivity index (χ0n) is 16.6. The Labute approximate surface area is 190 Å². The highest BCUT2D eigenvalue weighted by Crippen LogP contribution is 2.32. The molecule has 0 saturated heterocycles. The Morgan fingerprint density at radius 3 is 2.29 bits per heavy atom. The van der Waals surface area contributed by atoms with Gasteiger partial charge in [-0.15, -0.1) is 0 Å². The number of sulfone groups is 1. The van der Waals surface area contributed by atoms with Crippen molar-refractivity contribution in [3.8, 4) is 22.4 Å². The Kier molecular flexibility index (Phi) is 6.00. The summed E-state index contributed by atoms with van der Waals surface area (Å²) in [7, 11) is -3.29. The standard InChI is InChI=1S/C23H18ClN3O2S2/c1-31(28,29)20-10-6-18(7-11-20)23-21(17-4-8-19(24)9-5-17)13-22(30)27(26-23)15-16-3-2-12-25-14-16/h2-14H,15H2,1H3. The van der Waals surface area contributed by atoms with E-state index in [4.69, 9.17) is 28.9 Å². The quantitative estimate of drug-likeness (QED) is 0.365. The third-order valence-electron chi connectivity index (χ3n) is 4.76. The molecule has 0 fully saturated rings. The lowest BCUT2D eigenvalue weighted by molar-refractivity contribution is 0.602. The minimum absolute atomic E-state index is 0.257. The minimum Gasteiger partial charge on any atom is -0.264 e. The van der Waals surface area contributed by atoms with Crippen molar-refractivity contribution in [3.05, 3.63) is 94.4 Å². The molecule has 0 bridgehead atoms. The predicted octanol–water partition coefficient (Wildman–Crippen LogP) is 5.45. The van der Waals surface area contributed by atoms with Gasteiger partial charge in [0.1, 0.15) is 4.64 Å². The van der Waals surface area contributed by atoms with Crippen LogP contribution < -0.4 is 0 Å². The Hall–Kier alpha value is -2.87. The monoisotopic (exact) mass is 467 g/mol. The molecule has 0 unspecified atom stereocenters. The highest BCUT2D eigenvalue weighted by atomic mass is 35.5. The van der Waals surface area contributed by atoms with Crippen LogP contribution in [0.5, 0.6) is 0 Å². The Balaban J connectivity index is 1.87. The van der Waals surface area contributed by atoms with Gasteiger partial charge in [0.25, 0.3) is 0 Å². The largest absolute Gasteiger partial charge is 0.264 e. The number of hydrogen-bond acceptors (Lipinski definition) is 5. The van der Waals surface area contributed by atoms with Crippen molar-refractivity contribution in [1.82, 2.24) is 14.8 Å². The maximum Gasteiger partial charge on any atom is 0.175 e. The van der Waals surface area contributed by atoms with E-state index in [0.717, 1.165) is 22.3 Å². The Bertz CT molecular complexity index is 1380. The fraction of sp³-hybridized carbons (Fsp3) is 0.0870. The molecule has 0 aliphatic carbocycles. The first-order valence-corrected chi connectivity index (χ1v) is 12.1. The molecule has 2 aromatic carbocycles. The van der Waals surface area contributed by atoms with Crippen LogP contribution in [0, 0.1) is 4.64 Å². The van der Waals surface area contributed by atoms with Crippen molar-refractivity contribution in [2.75, 3.05) is 6.26 Å². The van der Waals surface area contributed by atoms with Gasteiger partial charge < -0.3 is 0 Å². The fourth-order valence-electron chi connectivity index (χ4n) is 3.19. The van der Waals surface area contributed by atoms with Crippen LogP contribution in [0.4, 0.5) is 0 Å². The van der Waals surface area contributed by atoms with Crippen LogP contribution in [0.2, 0.25) is 5.02 Å². The average Bonchev–Trinajstić information content (AvgIpc) is 2.76. The molecular formula is C23H18ClN3O2S2. The summed E-state index contributed by atoms with van der Waals surface area (Å²) in [5, 5.41) is 5.47. The Morgan fingerprint density at radius 2 is 1.68 bits per heavy atom. The van der Waals surface area contributed by atoms with E-state index in [-0.39, 0.29) is 4.90 Å². The number of nitrogens with zero attached hydrogens (tertiary/aromatic N) is 3. The first-order chi connectivity index (χ1) is 14.8. The maximum absolute atomic E-state index is 11.9. The zero-order chi connectivity index (χ0) is 22.0. The summed E-state index contributed by atoms with van der Waals surface area (Å²) in [6.07, 6.45) is 4.68. The molecule has 31 heavy (non-hydrogen) atoms. The number of pyridine rings is 1. The van der Waals surface area contributed by atoms with Gasteiger partial charge in [0.2, 0.25) is 0 Å². The molecule has 4 aromatic rings. The first kappa shape index (κ1) is 21.4. The lowest BCUT2D eigenvalue weighted by atomic mass is 10.0. The van der Waals surface area contributed by atoms with Crippen LogP contribution in [0.1, 0.15) is 5.56 Å². The highest BCUT2D eigenvalue weighted by Gasteiger charge is 2.14. The molecule has 5 nitrogen and oxygen atoms in total. The molecule has 0 N–H and O–H groups in total. The summed E-state index contributed by atoms with van der Waals surface area (Å²) in [5.74, 6) is 0. The molecule has 0 radical (unpaired) electrons. The molecule has 0 aliphatic rings. The summed E-state index contributed by atoms with van der Waals surface area (Å²) < 4.78 is 26.0. The Morgan fingerprint density at radius 1 is 1.00 bits per heavy atom. The zero-order valence-corrected chi connectivity index (χ0v) is 19.0. The summed E-state index contributed by atoms with van der Waals surface area (Å²) in [6.45, 7) is 0.474. The van der Waals surface area contributed by atoms with E-state index in [0.29, 0.717) is 21.9 Å². The van der Waals surface area contributed by atoms with Crippen molar-refractivity contribution in [1.29, 1.82) is 0 Å². The summed E-state index contributed by atoms with van der Waals surface area (Å²) >= 11 is 11.7. The van der Waals surface area contributed by atoms with Gasteiger partial charge in [0.15, 0.2) is 9.84 Å². The molecule has 0 amide bonds. The van der Waals surface area contributed by atoms with Crippen LogP contribution in [-0.2, 0) is 16.4 Å². The molecule has 0 aliphatic heterocycles. The van der Waals surface area contributed by atoms with Gasteiger partial charge in [-0.05, 0) is 47.5 Å². The van der Waals surface area contributed by atoms with Crippen LogP contribution in [-0.4, -0.2) is 29.4 Å². The summed E-state index contributed by atoms with van der Waals surface area (Å²) in [5.41, 5.74) is 4.21. The van der Waals surface area contributed by atoms with Gasteiger partial charge in [-0.1, -0.05) is 54.2 Å². The normalized spacial score (nSPS) is 11.4. The number of benzene rings is 2. The van der Waals surface area contributed by atoms with Crippen molar-refractivity contribution in [2.24, 2.45) is 0 Å². The van der Waals surface area contributed by atoms with Gasteiger partial charge in [-0.25, -0.2) is 13.1 Å². The van der Waals surface area contributed by atoms with Crippen LogP contribution in [0.15, 0.2) is 84.0 Å².